The number of nitrogens with zero attached hydrogens (tertiary/aromatic N) is 2. The van der Waals surface area contributed by atoms with E-state index in [1.807, 2.05) is 26.0 Å². The molecule has 146 valence electrons. The SMILES string of the molecule is CN=C(NCCS(=O)(=O)N1CC(C)OC(C)C1)NCc1ccccc1C. The molecule has 0 bridgehead atoms. The van der Waals surface area contributed by atoms with E-state index in [9.17, 15) is 8.42 Å². The quantitative estimate of drug-likeness (QED) is 0.569. The Morgan fingerprint density at radius 1 is 1.23 bits per heavy atom. The maximum absolute atomic E-state index is 12.5. The summed E-state index contributed by atoms with van der Waals surface area (Å²) in [5.74, 6) is 0.615. The Bertz CT molecular complexity index is 711. The van der Waals surface area contributed by atoms with E-state index >= 15 is 0 Å². The van der Waals surface area contributed by atoms with Gasteiger partial charge in [0.15, 0.2) is 5.96 Å². The molecule has 1 heterocycles. The fourth-order valence-corrected chi connectivity index (χ4v) is 4.49. The summed E-state index contributed by atoms with van der Waals surface area (Å²) in [6, 6.07) is 8.12. The van der Waals surface area contributed by atoms with Crippen LogP contribution in [0.1, 0.15) is 25.0 Å². The largest absolute Gasteiger partial charge is 0.373 e. The first-order chi connectivity index (χ1) is 12.3. The van der Waals surface area contributed by atoms with Crippen molar-refractivity contribution in [2.75, 3.05) is 32.4 Å². The van der Waals surface area contributed by atoms with E-state index in [1.165, 1.54) is 15.4 Å². The summed E-state index contributed by atoms with van der Waals surface area (Å²) < 4.78 is 32.2. The molecule has 2 rings (SSSR count). The average Bonchev–Trinajstić information content (AvgIpc) is 2.58. The van der Waals surface area contributed by atoms with Crippen LogP contribution in [0.25, 0.3) is 0 Å². The van der Waals surface area contributed by atoms with Crippen LogP contribution in [0.2, 0.25) is 0 Å². The molecule has 2 N–H and O–H groups in total. The van der Waals surface area contributed by atoms with Gasteiger partial charge in [-0.2, -0.15) is 4.31 Å². The molecular formula is C18H30N4O3S. The molecule has 8 heteroatoms. The average molecular weight is 383 g/mol. The highest BCUT2D eigenvalue weighted by Gasteiger charge is 2.30. The minimum Gasteiger partial charge on any atom is -0.373 e. The first-order valence-corrected chi connectivity index (χ1v) is 10.5. The summed E-state index contributed by atoms with van der Waals surface area (Å²) in [5.41, 5.74) is 2.38. The predicted octanol–water partition coefficient (Wildman–Crippen LogP) is 1.10. The van der Waals surface area contributed by atoms with E-state index in [2.05, 4.69) is 34.7 Å². The van der Waals surface area contributed by atoms with Crippen molar-refractivity contribution in [1.82, 2.24) is 14.9 Å². The maximum atomic E-state index is 12.5. The number of morpholine rings is 1. The Morgan fingerprint density at radius 3 is 2.50 bits per heavy atom. The van der Waals surface area contributed by atoms with Gasteiger partial charge in [-0.3, -0.25) is 4.99 Å². The normalized spacial score (nSPS) is 22.2. The monoisotopic (exact) mass is 382 g/mol. The van der Waals surface area contributed by atoms with Crippen LogP contribution >= 0.6 is 0 Å². The van der Waals surface area contributed by atoms with Crippen molar-refractivity contribution < 1.29 is 13.2 Å². The molecule has 0 amide bonds. The van der Waals surface area contributed by atoms with E-state index in [1.54, 1.807) is 7.05 Å². The first-order valence-electron chi connectivity index (χ1n) is 8.94. The van der Waals surface area contributed by atoms with Crippen molar-refractivity contribution in [3.63, 3.8) is 0 Å². The van der Waals surface area contributed by atoms with Gasteiger partial charge in [-0.15, -0.1) is 0 Å². The molecule has 1 fully saturated rings. The second-order valence-corrected chi connectivity index (χ2v) is 8.76. The number of nitrogens with one attached hydrogen (secondary N) is 2. The molecule has 1 saturated heterocycles. The van der Waals surface area contributed by atoms with Crippen LogP contribution in [0.15, 0.2) is 29.3 Å². The molecule has 2 atom stereocenters. The van der Waals surface area contributed by atoms with Crippen LogP contribution in [-0.4, -0.2) is 63.3 Å². The summed E-state index contributed by atoms with van der Waals surface area (Å²) in [7, 11) is -1.65. The molecule has 0 spiro atoms. The molecule has 0 radical (unpaired) electrons. The van der Waals surface area contributed by atoms with Gasteiger partial charge in [0.25, 0.3) is 0 Å². The van der Waals surface area contributed by atoms with Crippen molar-refractivity contribution in [3.05, 3.63) is 35.4 Å². The number of benzene rings is 1. The van der Waals surface area contributed by atoms with Crippen molar-refractivity contribution >= 4 is 16.0 Å². The molecule has 2 unspecified atom stereocenters. The summed E-state index contributed by atoms with van der Waals surface area (Å²) in [6.45, 7) is 7.61. The number of hydrogen-bond donors (Lipinski definition) is 2. The van der Waals surface area contributed by atoms with E-state index < -0.39 is 10.0 Å². The highest BCUT2D eigenvalue weighted by molar-refractivity contribution is 7.89. The van der Waals surface area contributed by atoms with E-state index in [0.29, 0.717) is 32.1 Å². The second kappa shape index (κ2) is 9.34. The zero-order valence-corrected chi connectivity index (χ0v) is 16.8. The third kappa shape index (κ3) is 5.96. The number of aryl methyl sites for hydroxylation is 1. The van der Waals surface area contributed by atoms with Crippen molar-refractivity contribution in [3.8, 4) is 0 Å². The van der Waals surface area contributed by atoms with Gasteiger partial charge in [-0.05, 0) is 31.9 Å². The molecule has 1 aromatic carbocycles. The molecule has 1 aliphatic rings. The number of ether oxygens (including phenoxy) is 1. The van der Waals surface area contributed by atoms with Crippen molar-refractivity contribution in [2.45, 2.75) is 39.5 Å². The van der Waals surface area contributed by atoms with E-state index in [0.717, 1.165) is 0 Å². The molecule has 26 heavy (non-hydrogen) atoms. The third-order valence-electron chi connectivity index (χ3n) is 4.36. The minimum atomic E-state index is -3.32. The highest BCUT2D eigenvalue weighted by atomic mass is 32.2. The van der Waals surface area contributed by atoms with Crippen LogP contribution in [0.5, 0.6) is 0 Å². The van der Waals surface area contributed by atoms with Gasteiger partial charge in [0.05, 0.1) is 18.0 Å². The zero-order chi connectivity index (χ0) is 19.2. The highest BCUT2D eigenvalue weighted by Crippen LogP contribution is 2.14. The fourth-order valence-electron chi connectivity index (χ4n) is 2.99. The van der Waals surface area contributed by atoms with Gasteiger partial charge in [-0.25, -0.2) is 8.42 Å². The Balaban J connectivity index is 1.82. The van der Waals surface area contributed by atoms with Crippen LogP contribution < -0.4 is 10.6 Å². The number of rotatable bonds is 6. The molecule has 0 aromatic heterocycles. The maximum Gasteiger partial charge on any atom is 0.216 e. The van der Waals surface area contributed by atoms with Gasteiger partial charge in [-0.1, -0.05) is 24.3 Å². The smallest absolute Gasteiger partial charge is 0.216 e. The molecule has 1 aromatic rings. The summed E-state index contributed by atoms with van der Waals surface area (Å²) >= 11 is 0. The van der Waals surface area contributed by atoms with Crippen LogP contribution in [0.4, 0.5) is 0 Å². The van der Waals surface area contributed by atoms with Gasteiger partial charge >= 0.3 is 0 Å². The number of sulfonamides is 1. The molecule has 0 aliphatic carbocycles. The standard InChI is InChI=1S/C18H30N4O3S/c1-14-7-5-6-8-17(14)11-21-18(19-4)20-9-10-26(23,24)22-12-15(2)25-16(3)13-22/h5-8,15-16H,9-13H2,1-4H3,(H2,19,20,21). The van der Waals surface area contributed by atoms with Gasteiger partial charge in [0.2, 0.25) is 10.0 Å². The summed E-state index contributed by atoms with van der Waals surface area (Å²) in [5, 5.41) is 6.30. The summed E-state index contributed by atoms with van der Waals surface area (Å²) in [4.78, 5) is 4.15. The van der Waals surface area contributed by atoms with Crippen molar-refractivity contribution in [2.24, 2.45) is 4.99 Å². The van der Waals surface area contributed by atoms with E-state index in [4.69, 9.17) is 4.74 Å². The number of hydrogen-bond acceptors (Lipinski definition) is 4. The molecular weight excluding hydrogens is 352 g/mol. The predicted molar refractivity (Wildman–Crippen MR) is 105 cm³/mol. The topological polar surface area (TPSA) is 83.0 Å². The van der Waals surface area contributed by atoms with Gasteiger partial charge in [0.1, 0.15) is 0 Å². The second-order valence-electron chi connectivity index (χ2n) is 6.67. The minimum absolute atomic E-state index is 0.0253. The van der Waals surface area contributed by atoms with Gasteiger partial charge in [0, 0.05) is 33.2 Å². The Kier molecular flexibility index (Phi) is 7.43. The zero-order valence-electron chi connectivity index (χ0n) is 16.0. The fraction of sp³-hybridized carbons (Fsp3) is 0.611. The van der Waals surface area contributed by atoms with Crippen molar-refractivity contribution in [1.29, 1.82) is 0 Å². The Labute approximate surface area is 156 Å². The lowest BCUT2D eigenvalue weighted by molar-refractivity contribution is -0.0440. The van der Waals surface area contributed by atoms with Crippen LogP contribution in [0.3, 0.4) is 0 Å². The van der Waals surface area contributed by atoms with Crippen LogP contribution in [0, 0.1) is 6.92 Å². The molecule has 0 saturated carbocycles. The Hall–Kier alpha value is -1.64. The first kappa shape index (κ1) is 20.7. The lowest BCUT2D eigenvalue weighted by Crippen LogP contribution is -2.50. The van der Waals surface area contributed by atoms with E-state index in [-0.39, 0.29) is 18.0 Å². The lowest BCUT2D eigenvalue weighted by atomic mass is 10.1. The van der Waals surface area contributed by atoms with Gasteiger partial charge < -0.3 is 15.4 Å². The lowest BCUT2D eigenvalue weighted by Gasteiger charge is -2.34. The number of guanidine groups is 1. The third-order valence-corrected chi connectivity index (χ3v) is 6.17. The Morgan fingerprint density at radius 2 is 1.88 bits per heavy atom. The van der Waals surface area contributed by atoms with Crippen LogP contribution in [-0.2, 0) is 21.3 Å². The number of aliphatic imine (C=N–C) groups is 1. The molecule has 1 aliphatic heterocycles. The molecule has 7 nitrogen and oxygen atoms in total. The summed E-state index contributed by atoms with van der Waals surface area (Å²) in [6.07, 6.45) is -0.157.